The Hall–Kier alpha value is -1.43. The van der Waals surface area contributed by atoms with Gasteiger partial charge in [-0.05, 0) is 12.8 Å². The molecule has 5 nitrogen and oxygen atoms in total. The Morgan fingerprint density at radius 2 is 2.05 bits per heavy atom. The molecule has 1 amide bonds. The average molecular weight is 284 g/mol. The maximum absolute atomic E-state index is 11.9. The summed E-state index contributed by atoms with van der Waals surface area (Å²) in [5, 5.41) is 9.63. The molecule has 0 spiro atoms. The average Bonchev–Trinajstić information content (AvgIpc) is 2.78. The molecule has 0 aliphatic heterocycles. The summed E-state index contributed by atoms with van der Waals surface area (Å²) in [5.74, 6) is -0.978. The van der Waals surface area contributed by atoms with Crippen molar-refractivity contribution in [3.05, 3.63) is 15.6 Å². The van der Waals surface area contributed by atoms with Crippen molar-refractivity contribution in [2.24, 2.45) is 0 Å². The highest BCUT2D eigenvalue weighted by molar-refractivity contribution is 7.13. The van der Waals surface area contributed by atoms with Gasteiger partial charge in [0.15, 0.2) is 0 Å². The molecular formula is C13H20N2O3S. The van der Waals surface area contributed by atoms with Crippen molar-refractivity contribution >= 4 is 23.2 Å². The zero-order chi connectivity index (χ0) is 14.4. The van der Waals surface area contributed by atoms with Gasteiger partial charge in [0.05, 0.1) is 12.1 Å². The van der Waals surface area contributed by atoms with Crippen LogP contribution in [0.5, 0.6) is 0 Å². The SMILES string of the molecule is CCCCN(C)C(=O)Cc1nc(CC)c(C(=O)O)s1. The second-order valence-electron chi connectivity index (χ2n) is 4.39. The number of carbonyl (C=O) groups is 2. The van der Waals surface area contributed by atoms with E-state index in [0.717, 1.165) is 30.7 Å². The molecule has 6 heteroatoms. The lowest BCUT2D eigenvalue weighted by molar-refractivity contribution is -0.129. The number of aromatic carboxylic acids is 1. The summed E-state index contributed by atoms with van der Waals surface area (Å²) in [5.41, 5.74) is 0.566. The molecule has 1 aromatic rings. The molecular weight excluding hydrogens is 264 g/mol. The number of hydrogen-bond acceptors (Lipinski definition) is 4. The lowest BCUT2D eigenvalue weighted by Crippen LogP contribution is -2.29. The number of thiazole rings is 1. The molecule has 0 unspecified atom stereocenters. The Labute approximate surface area is 117 Å². The van der Waals surface area contributed by atoms with E-state index in [9.17, 15) is 9.59 Å². The van der Waals surface area contributed by atoms with E-state index in [1.54, 1.807) is 11.9 Å². The molecule has 1 aromatic heterocycles. The number of amides is 1. The molecule has 0 fully saturated rings. The molecule has 0 saturated heterocycles. The Balaban J connectivity index is 2.71. The van der Waals surface area contributed by atoms with E-state index < -0.39 is 5.97 Å². The maximum Gasteiger partial charge on any atom is 0.347 e. The Kier molecular flexibility index (Phi) is 5.95. The quantitative estimate of drug-likeness (QED) is 0.833. The van der Waals surface area contributed by atoms with Crippen molar-refractivity contribution in [2.45, 2.75) is 39.5 Å². The van der Waals surface area contributed by atoms with Crippen molar-refractivity contribution < 1.29 is 14.7 Å². The van der Waals surface area contributed by atoms with Crippen LogP contribution >= 0.6 is 11.3 Å². The molecule has 0 saturated carbocycles. The number of carboxylic acids is 1. The largest absolute Gasteiger partial charge is 0.477 e. The van der Waals surface area contributed by atoms with Gasteiger partial charge in [0.1, 0.15) is 9.88 Å². The number of carbonyl (C=O) groups excluding carboxylic acids is 1. The summed E-state index contributed by atoms with van der Waals surface area (Å²) in [6, 6.07) is 0. The summed E-state index contributed by atoms with van der Waals surface area (Å²) in [7, 11) is 1.77. The second kappa shape index (κ2) is 7.23. The van der Waals surface area contributed by atoms with E-state index in [-0.39, 0.29) is 17.2 Å². The number of aromatic nitrogens is 1. The number of unbranched alkanes of at least 4 members (excludes halogenated alkanes) is 1. The zero-order valence-corrected chi connectivity index (χ0v) is 12.4. The van der Waals surface area contributed by atoms with E-state index in [0.29, 0.717) is 17.1 Å². The summed E-state index contributed by atoms with van der Waals surface area (Å²) in [6.45, 7) is 4.67. The predicted octanol–water partition coefficient (Wildman–Crippen LogP) is 2.20. The van der Waals surface area contributed by atoms with Gasteiger partial charge >= 0.3 is 5.97 Å². The van der Waals surface area contributed by atoms with E-state index in [2.05, 4.69) is 11.9 Å². The minimum Gasteiger partial charge on any atom is -0.477 e. The van der Waals surface area contributed by atoms with Crippen LogP contribution in [0.4, 0.5) is 0 Å². The van der Waals surface area contributed by atoms with E-state index in [1.807, 2.05) is 6.92 Å². The van der Waals surface area contributed by atoms with Gasteiger partial charge in [-0.2, -0.15) is 0 Å². The Morgan fingerprint density at radius 1 is 1.37 bits per heavy atom. The molecule has 1 heterocycles. The zero-order valence-electron chi connectivity index (χ0n) is 11.6. The van der Waals surface area contributed by atoms with Crippen LogP contribution < -0.4 is 0 Å². The first kappa shape index (κ1) is 15.6. The minimum atomic E-state index is -0.965. The van der Waals surface area contributed by atoms with Crippen LogP contribution in [0, 0.1) is 0 Å². The van der Waals surface area contributed by atoms with Crippen LogP contribution in [-0.2, 0) is 17.6 Å². The van der Waals surface area contributed by atoms with Gasteiger partial charge in [0.2, 0.25) is 5.91 Å². The molecule has 1 rings (SSSR count). The summed E-state index contributed by atoms with van der Waals surface area (Å²) in [4.78, 5) is 29.1. The van der Waals surface area contributed by atoms with Gasteiger partial charge in [0.25, 0.3) is 0 Å². The second-order valence-corrected chi connectivity index (χ2v) is 5.47. The third-order valence-corrected chi connectivity index (χ3v) is 3.93. The highest BCUT2D eigenvalue weighted by atomic mass is 32.1. The van der Waals surface area contributed by atoms with Crippen LogP contribution in [-0.4, -0.2) is 40.5 Å². The first-order valence-corrected chi connectivity index (χ1v) is 7.27. The number of nitrogens with zero attached hydrogens (tertiary/aromatic N) is 2. The van der Waals surface area contributed by atoms with Crippen molar-refractivity contribution in [1.29, 1.82) is 0 Å². The van der Waals surface area contributed by atoms with Gasteiger partial charge in [-0.3, -0.25) is 4.79 Å². The minimum absolute atomic E-state index is 0.0122. The fraction of sp³-hybridized carbons (Fsp3) is 0.615. The van der Waals surface area contributed by atoms with E-state index in [1.165, 1.54) is 0 Å². The molecule has 0 aliphatic rings. The molecule has 19 heavy (non-hydrogen) atoms. The third-order valence-electron chi connectivity index (χ3n) is 2.85. The van der Waals surface area contributed by atoms with Crippen molar-refractivity contribution in [1.82, 2.24) is 9.88 Å². The van der Waals surface area contributed by atoms with Crippen LogP contribution in [0.15, 0.2) is 0 Å². The lowest BCUT2D eigenvalue weighted by Gasteiger charge is -2.15. The first-order valence-electron chi connectivity index (χ1n) is 6.45. The lowest BCUT2D eigenvalue weighted by atomic mass is 10.3. The summed E-state index contributed by atoms with van der Waals surface area (Å²) in [6.07, 6.45) is 2.77. The van der Waals surface area contributed by atoms with Crippen molar-refractivity contribution in [3.63, 3.8) is 0 Å². The molecule has 0 aliphatic carbocycles. The standard InChI is InChI=1S/C13H20N2O3S/c1-4-6-7-15(3)11(16)8-10-14-9(5-2)12(19-10)13(17)18/h4-8H2,1-3H3,(H,17,18). The van der Waals surface area contributed by atoms with Crippen molar-refractivity contribution in [3.8, 4) is 0 Å². The monoisotopic (exact) mass is 284 g/mol. The number of hydrogen-bond donors (Lipinski definition) is 1. The van der Waals surface area contributed by atoms with Crippen LogP contribution in [0.25, 0.3) is 0 Å². The molecule has 0 bridgehead atoms. The first-order chi connectivity index (χ1) is 8.99. The number of carboxylic acid groups (broad SMARTS) is 1. The number of likely N-dealkylation sites (N-methyl/N-ethyl adjacent to an activating group) is 1. The van der Waals surface area contributed by atoms with Gasteiger partial charge in [-0.1, -0.05) is 20.3 Å². The van der Waals surface area contributed by atoms with Gasteiger partial charge in [0, 0.05) is 13.6 Å². The smallest absolute Gasteiger partial charge is 0.347 e. The molecule has 0 atom stereocenters. The van der Waals surface area contributed by atoms with Gasteiger partial charge in [-0.15, -0.1) is 11.3 Å². The predicted molar refractivity (Wildman–Crippen MR) is 74.7 cm³/mol. The third kappa shape index (κ3) is 4.31. The van der Waals surface area contributed by atoms with E-state index >= 15 is 0 Å². The Morgan fingerprint density at radius 3 is 2.53 bits per heavy atom. The Bertz CT molecular complexity index is 457. The molecule has 1 N–H and O–H groups in total. The molecule has 0 radical (unpaired) electrons. The van der Waals surface area contributed by atoms with Crippen LogP contribution in [0.2, 0.25) is 0 Å². The normalized spacial score (nSPS) is 10.5. The van der Waals surface area contributed by atoms with Crippen LogP contribution in [0.3, 0.4) is 0 Å². The van der Waals surface area contributed by atoms with Crippen molar-refractivity contribution in [2.75, 3.05) is 13.6 Å². The van der Waals surface area contributed by atoms with Gasteiger partial charge in [-0.25, -0.2) is 9.78 Å². The molecule has 106 valence electrons. The topological polar surface area (TPSA) is 70.5 Å². The number of rotatable bonds is 7. The van der Waals surface area contributed by atoms with Crippen LogP contribution in [0.1, 0.15) is 47.1 Å². The van der Waals surface area contributed by atoms with E-state index in [4.69, 9.17) is 5.11 Å². The summed E-state index contributed by atoms with van der Waals surface area (Å²) >= 11 is 1.10. The fourth-order valence-corrected chi connectivity index (χ4v) is 2.65. The number of aryl methyl sites for hydroxylation is 1. The highest BCUT2D eigenvalue weighted by Gasteiger charge is 2.18. The maximum atomic E-state index is 11.9. The van der Waals surface area contributed by atoms with Gasteiger partial charge < -0.3 is 10.0 Å². The summed E-state index contributed by atoms with van der Waals surface area (Å²) < 4.78 is 0. The highest BCUT2D eigenvalue weighted by Crippen LogP contribution is 2.20. The fourth-order valence-electron chi connectivity index (χ4n) is 1.67. The molecule has 0 aromatic carbocycles.